The molecule has 5 nitrogen and oxygen atoms in total. The summed E-state index contributed by atoms with van der Waals surface area (Å²) in [6, 6.07) is 21.6. The highest BCUT2D eigenvalue weighted by Crippen LogP contribution is 2.21. The van der Waals surface area contributed by atoms with Crippen LogP contribution < -0.4 is 10.4 Å². The number of aromatic nitrogens is 2. The van der Waals surface area contributed by atoms with Crippen molar-refractivity contribution in [3.63, 3.8) is 0 Å². The third kappa shape index (κ3) is 4.59. The summed E-state index contributed by atoms with van der Waals surface area (Å²) in [6.45, 7) is 2.14. The summed E-state index contributed by atoms with van der Waals surface area (Å²) in [5, 5.41) is 0.381. The van der Waals surface area contributed by atoms with Crippen LogP contribution in [0.4, 0.5) is 0 Å². The van der Waals surface area contributed by atoms with E-state index < -0.39 is 11.5 Å². The third-order valence-electron chi connectivity index (χ3n) is 5.02. The Morgan fingerprint density at radius 2 is 1.71 bits per heavy atom. The summed E-state index contributed by atoms with van der Waals surface area (Å²) in [7, 11) is 0. The molecule has 6 heteroatoms. The van der Waals surface area contributed by atoms with Crippen LogP contribution in [0, 0.1) is 0 Å². The fourth-order valence-corrected chi connectivity index (χ4v) is 3.57. The second-order valence-corrected chi connectivity index (χ2v) is 8.15. The van der Waals surface area contributed by atoms with E-state index in [-0.39, 0.29) is 5.82 Å². The predicted molar refractivity (Wildman–Crippen MR) is 125 cm³/mol. The van der Waals surface area contributed by atoms with Crippen LogP contribution in [0.2, 0.25) is 0 Å². The lowest BCUT2D eigenvalue weighted by Crippen LogP contribution is -2.33. The van der Waals surface area contributed by atoms with Crippen LogP contribution in [0.3, 0.4) is 0 Å². The van der Waals surface area contributed by atoms with Gasteiger partial charge < -0.3 is 4.84 Å². The van der Waals surface area contributed by atoms with Gasteiger partial charge in [0.05, 0.1) is 16.5 Å². The molecular formula is C25H21BrN2O3. The van der Waals surface area contributed by atoms with Crippen molar-refractivity contribution in [2.24, 2.45) is 0 Å². The number of aryl methyl sites for hydroxylation is 1. The van der Waals surface area contributed by atoms with Gasteiger partial charge in [0.2, 0.25) is 0 Å². The number of carbonyl (C=O) groups excluding carboxylic acids is 1. The molecule has 0 saturated carbocycles. The Morgan fingerprint density at radius 3 is 2.42 bits per heavy atom. The summed E-state index contributed by atoms with van der Waals surface area (Å²) in [5.41, 5.74) is 2.31. The van der Waals surface area contributed by atoms with Gasteiger partial charge in [-0.15, -0.1) is 4.73 Å². The van der Waals surface area contributed by atoms with E-state index in [1.165, 1.54) is 5.56 Å². The monoisotopic (exact) mass is 476 g/mol. The molecule has 0 radical (unpaired) electrons. The van der Waals surface area contributed by atoms with Crippen LogP contribution in [-0.4, -0.2) is 15.7 Å². The largest absolute Gasteiger partial charge is 0.363 e. The first-order valence-electron chi connectivity index (χ1n) is 10.2. The molecule has 31 heavy (non-hydrogen) atoms. The summed E-state index contributed by atoms with van der Waals surface area (Å²) in [6.07, 6.45) is 3.17. The Hall–Kier alpha value is -3.25. The zero-order chi connectivity index (χ0) is 21.8. The molecule has 1 heterocycles. The standard InChI is InChI=1S/C25H21BrN2O3/c1-2-3-6-17-9-11-19(12-10-17)25(30)31-28-23(18-13-15-20(26)16-14-18)27-22-8-5-4-7-21(22)24(28)29/h4-5,7-16H,2-3,6H2,1H3. The smallest absolute Gasteiger partial charge is 0.326 e. The highest BCUT2D eigenvalue weighted by Gasteiger charge is 2.18. The number of benzene rings is 3. The van der Waals surface area contributed by atoms with Crippen molar-refractivity contribution in [3.8, 4) is 11.4 Å². The molecule has 1 aromatic heterocycles. The molecule has 0 amide bonds. The van der Waals surface area contributed by atoms with E-state index in [0.29, 0.717) is 22.0 Å². The van der Waals surface area contributed by atoms with Crippen LogP contribution in [-0.2, 0) is 6.42 Å². The summed E-state index contributed by atoms with van der Waals surface area (Å²) in [5.74, 6) is -0.344. The molecule has 0 aliphatic carbocycles. The number of halogens is 1. The van der Waals surface area contributed by atoms with Crippen LogP contribution in [0.1, 0.15) is 35.7 Å². The van der Waals surface area contributed by atoms with E-state index in [1.54, 1.807) is 30.3 Å². The van der Waals surface area contributed by atoms with Crippen molar-refractivity contribution in [1.29, 1.82) is 0 Å². The molecule has 0 aliphatic heterocycles. The third-order valence-corrected chi connectivity index (χ3v) is 5.55. The molecule has 0 N–H and O–H groups in total. The zero-order valence-corrected chi connectivity index (χ0v) is 18.6. The van der Waals surface area contributed by atoms with Crippen LogP contribution in [0.15, 0.2) is 82.1 Å². The van der Waals surface area contributed by atoms with Gasteiger partial charge in [-0.05, 0) is 54.8 Å². The number of rotatable bonds is 6. The average molecular weight is 477 g/mol. The Balaban J connectivity index is 1.74. The van der Waals surface area contributed by atoms with Crippen LogP contribution in [0.25, 0.3) is 22.3 Å². The van der Waals surface area contributed by atoms with E-state index >= 15 is 0 Å². The van der Waals surface area contributed by atoms with E-state index in [0.717, 1.165) is 28.5 Å². The van der Waals surface area contributed by atoms with Gasteiger partial charge in [-0.25, -0.2) is 9.78 Å². The van der Waals surface area contributed by atoms with Gasteiger partial charge in [-0.3, -0.25) is 4.79 Å². The Morgan fingerprint density at radius 1 is 1.00 bits per heavy atom. The molecule has 0 unspecified atom stereocenters. The highest BCUT2D eigenvalue weighted by molar-refractivity contribution is 9.10. The topological polar surface area (TPSA) is 61.2 Å². The second-order valence-electron chi connectivity index (χ2n) is 7.24. The number of fused-ring (bicyclic) bond motifs is 1. The number of nitrogens with zero attached hydrogens (tertiary/aromatic N) is 2. The second kappa shape index (κ2) is 9.27. The lowest BCUT2D eigenvalue weighted by Gasteiger charge is -2.13. The van der Waals surface area contributed by atoms with Crippen LogP contribution in [0.5, 0.6) is 0 Å². The van der Waals surface area contributed by atoms with Crippen molar-refractivity contribution >= 4 is 32.8 Å². The van der Waals surface area contributed by atoms with Crippen molar-refractivity contribution in [3.05, 3.63) is 98.7 Å². The summed E-state index contributed by atoms with van der Waals surface area (Å²) in [4.78, 5) is 36.2. The predicted octanol–water partition coefficient (Wildman–Crippen LogP) is 5.44. The summed E-state index contributed by atoms with van der Waals surface area (Å²) >= 11 is 3.41. The van der Waals surface area contributed by atoms with Crippen molar-refractivity contribution in [1.82, 2.24) is 9.71 Å². The Kier molecular flexibility index (Phi) is 6.28. The van der Waals surface area contributed by atoms with Gasteiger partial charge in [-0.1, -0.05) is 65.7 Å². The number of hydrogen-bond acceptors (Lipinski definition) is 4. The van der Waals surface area contributed by atoms with E-state index in [1.807, 2.05) is 42.5 Å². The minimum absolute atomic E-state index is 0.268. The molecule has 156 valence electrons. The molecule has 0 fully saturated rings. The maximum absolute atomic E-state index is 13.2. The van der Waals surface area contributed by atoms with Crippen molar-refractivity contribution in [2.75, 3.05) is 0 Å². The number of carbonyl (C=O) groups is 1. The van der Waals surface area contributed by atoms with Gasteiger partial charge in [-0.2, -0.15) is 0 Å². The number of unbranched alkanes of at least 4 members (excludes halogenated alkanes) is 1. The molecule has 0 saturated heterocycles. The first-order valence-corrected chi connectivity index (χ1v) is 11.0. The normalized spacial score (nSPS) is 10.9. The molecule has 4 aromatic rings. The van der Waals surface area contributed by atoms with Crippen molar-refractivity contribution in [2.45, 2.75) is 26.2 Å². The van der Waals surface area contributed by atoms with E-state index in [9.17, 15) is 9.59 Å². The average Bonchev–Trinajstić information content (AvgIpc) is 2.80. The Bertz CT molecular complexity index is 1280. The van der Waals surface area contributed by atoms with Gasteiger partial charge in [0, 0.05) is 10.0 Å². The first kappa shape index (κ1) is 21.0. The Labute approximate surface area is 188 Å². The van der Waals surface area contributed by atoms with E-state index in [4.69, 9.17) is 4.84 Å². The lowest BCUT2D eigenvalue weighted by molar-refractivity contribution is 0.0449. The van der Waals surface area contributed by atoms with E-state index in [2.05, 4.69) is 27.8 Å². The SMILES string of the molecule is CCCCc1ccc(C(=O)On2c(-c3ccc(Br)cc3)nc3ccccc3c2=O)cc1. The van der Waals surface area contributed by atoms with Gasteiger partial charge in [0.25, 0.3) is 5.56 Å². The molecule has 0 bridgehead atoms. The summed E-state index contributed by atoms with van der Waals surface area (Å²) < 4.78 is 1.88. The van der Waals surface area contributed by atoms with Gasteiger partial charge in [0.1, 0.15) is 0 Å². The van der Waals surface area contributed by atoms with Crippen LogP contribution >= 0.6 is 15.9 Å². The lowest BCUT2D eigenvalue weighted by atomic mass is 10.1. The number of para-hydroxylation sites is 1. The molecular weight excluding hydrogens is 456 g/mol. The molecule has 0 spiro atoms. The minimum Gasteiger partial charge on any atom is -0.326 e. The molecule has 0 aliphatic rings. The zero-order valence-electron chi connectivity index (χ0n) is 17.0. The van der Waals surface area contributed by atoms with Gasteiger partial charge in [0.15, 0.2) is 5.82 Å². The highest BCUT2D eigenvalue weighted by atomic mass is 79.9. The fraction of sp³-hybridized carbons (Fsp3) is 0.160. The maximum atomic E-state index is 13.2. The molecule has 3 aromatic carbocycles. The first-order chi connectivity index (χ1) is 15.1. The molecule has 0 atom stereocenters. The number of hydrogen-bond donors (Lipinski definition) is 0. The molecule has 4 rings (SSSR count). The van der Waals surface area contributed by atoms with Gasteiger partial charge >= 0.3 is 5.97 Å². The fourth-order valence-electron chi connectivity index (χ4n) is 3.31. The van der Waals surface area contributed by atoms with Crippen molar-refractivity contribution < 1.29 is 9.63 Å². The quantitative estimate of drug-likeness (QED) is 0.371. The minimum atomic E-state index is -0.611. The maximum Gasteiger partial charge on any atom is 0.363 e.